The van der Waals surface area contributed by atoms with Crippen molar-refractivity contribution >= 4 is 28.0 Å². The highest BCUT2D eigenvalue weighted by Gasteiger charge is 2.13. The van der Waals surface area contributed by atoms with Gasteiger partial charge in [0, 0.05) is 34.8 Å². The summed E-state index contributed by atoms with van der Waals surface area (Å²) in [7, 11) is 0. The third kappa shape index (κ3) is 3.55. The fraction of sp³-hybridized carbons (Fsp3) is 0. The van der Waals surface area contributed by atoms with Crippen molar-refractivity contribution in [2.45, 2.75) is 0 Å². The Kier molecular flexibility index (Phi) is 4.77. The van der Waals surface area contributed by atoms with Gasteiger partial charge in [-0.2, -0.15) is 9.61 Å². The number of nitrogens with zero attached hydrogens (tertiary/aromatic N) is 5. The summed E-state index contributed by atoms with van der Waals surface area (Å²) in [6.07, 6.45) is 3.44. The number of rotatable bonds is 4. The minimum absolute atomic E-state index is 0.157. The molecule has 1 amide bonds. The monoisotopic (exact) mass is 442 g/mol. The van der Waals surface area contributed by atoms with E-state index >= 15 is 0 Å². The van der Waals surface area contributed by atoms with E-state index in [4.69, 9.17) is 5.10 Å². The van der Waals surface area contributed by atoms with Crippen LogP contribution in [0.5, 0.6) is 0 Å². The van der Waals surface area contributed by atoms with Gasteiger partial charge in [-0.05, 0) is 53.2 Å². The normalized spacial score (nSPS) is 11.1. The number of fused-ring (bicyclic) bond motifs is 2. The summed E-state index contributed by atoms with van der Waals surface area (Å²) < 4.78 is 1.70. The molecule has 0 saturated heterocycles. The van der Waals surface area contributed by atoms with E-state index in [9.17, 15) is 4.79 Å². The van der Waals surface area contributed by atoms with Crippen molar-refractivity contribution < 1.29 is 4.79 Å². The molecule has 3 aromatic heterocycles. The van der Waals surface area contributed by atoms with Crippen LogP contribution in [0.15, 0.2) is 103 Å². The highest BCUT2D eigenvalue weighted by Crippen LogP contribution is 2.25. The number of nitrogens with one attached hydrogen (secondary N) is 1. The lowest BCUT2D eigenvalue weighted by Crippen LogP contribution is -2.12. The van der Waals surface area contributed by atoms with Crippen molar-refractivity contribution in [3.8, 4) is 22.6 Å². The molecule has 0 fully saturated rings. The van der Waals surface area contributed by atoms with Crippen LogP contribution in [-0.4, -0.2) is 30.7 Å². The second-order valence-corrected chi connectivity index (χ2v) is 7.82. The summed E-state index contributed by atoms with van der Waals surface area (Å²) in [5.74, 6) is 0.459. The fourth-order valence-electron chi connectivity index (χ4n) is 4.00. The SMILES string of the molecule is O=C(Nc1cccc(-c2ccc3nnc(-c4cccnc4)n3n2)c1)c1cccc2ccccc12. The largest absolute Gasteiger partial charge is 0.322 e. The van der Waals surface area contributed by atoms with Gasteiger partial charge in [0.1, 0.15) is 0 Å². The maximum absolute atomic E-state index is 13.1. The van der Waals surface area contributed by atoms with Crippen molar-refractivity contribution in [2.75, 3.05) is 5.32 Å². The van der Waals surface area contributed by atoms with Crippen molar-refractivity contribution in [3.05, 3.63) is 109 Å². The van der Waals surface area contributed by atoms with E-state index in [0.717, 1.165) is 27.6 Å². The molecule has 0 unspecified atom stereocenters. The Morgan fingerprint density at radius 1 is 0.794 bits per heavy atom. The quantitative estimate of drug-likeness (QED) is 0.403. The number of benzene rings is 3. The minimum atomic E-state index is -0.157. The molecule has 0 aliphatic carbocycles. The van der Waals surface area contributed by atoms with E-state index in [1.54, 1.807) is 16.9 Å². The summed E-state index contributed by atoms with van der Waals surface area (Å²) >= 11 is 0. The Balaban J connectivity index is 1.34. The van der Waals surface area contributed by atoms with Crippen LogP contribution >= 0.6 is 0 Å². The Labute approximate surface area is 194 Å². The number of carbonyl (C=O) groups excluding carboxylic acids is 1. The predicted octanol–water partition coefficient (Wildman–Crippen LogP) is 5.26. The molecule has 162 valence electrons. The number of pyridine rings is 1. The van der Waals surface area contributed by atoms with Gasteiger partial charge in [0.2, 0.25) is 0 Å². The molecule has 34 heavy (non-hydrogen) atoms. The van der Waals surface area contributed by atoms with Crippen molar-refractivity contribution in [1.82, 2.24) is 24.8 Å². The first-order valence-electron chi connectivity index (χ1n) is 10.8. The molecule has 0 saturated carbocycles. The molecule has 0 bridgehead atoms. The van der Waals surface area contributed by atoms with Crippen molar-refractivity contribution in [1.29, 1.82) is 0 Å². The number of anilines is 1. The van der Waals surface area contributed by atoms with Gasteiger partial charge in [-0.15, -0.1) is 10.2 Å². The van der Waals surface area contributed by atoms with Gasteiger partial charge < -0.3 is 5.32 Å². The van der Waals surface area contributed by atoms with Gasteiger partial charge in [-0.25, -0.2) is 0 Å². The zero-order valence-electron chi connectivity index (χ0n) is 18.0. The Hall–Kier alpha value is -4.91. The molecule has 0 spiro atoms. The van der Waals surface area contributed by atoms with Crippen molar-refractivity contribution in [2.24, 2.45) is 0 Å². The maximum atomic E-state index is 13.1. The average molecular weight is 442 g/mol. The smallest absolute Gasteiger partial charge is 0.256 e. The molecule has 7 heteroatoms. The second-order valence-electron chi connectivity index (χ2n) is 7.82. The molecule has 7 nitrogen and oxygen atoms in total. The Bertz CT molecular complexity index is 1650. The molecule has 0 aliphatic heterocycles. The average Bonchev–Trinajstić information content (AvgIpc) is 3.32. The zero-order chi connectivity index (χ0) is 22.9. The standard InChI is InChI=1S/C27H18N6O/c34-27(23-12-4-7-18-6-1-2-11-22(18)23)29-21-10-3-8-19(16-21)24-13-14-25-30-31-26(33(25)32-24)20-9-5-15-28-17-20/h1-17H,(H,29,34). The number of aromatic nitrogens is 5. The second kappa shape index (κ2) is 8.22. The van der Waals surface area contributed by atoms with Crippen LogP contribution in [0.25, 0.3) is 39.1 Å². The topological polar surface area (TPSA) is 85.1 Å². The first kappa shape index (κ1) is 19.8. The Morgan fingerprint density at radius 3 is 2.56 bits per heavy atom. The molecular weight excluding hydrogens is 424 g/mol. The summed E-state index contributed by atoms with van der Waals surface area (Å²) in [4.78, 5) is 17.2. The Morgan fingerprint density at radius 2 is 1.65 bits per heavy atom. The van der Waals surface area contributed by atoms with E-state index in [1.165, 1.54) is 0 Å². The van der Waals surface area contributed by atoms with Crippen LogP contribution in [0.4, 0.5) is 5.69 Å². The number of amides is 1. The predicted molar refractivity (Wildman–Crippen MR) is 131 cm³/mol. The lowest BCUT2D eigenvalue weighted by atomic mass is 10.0. The van der Waals surface area contributed by atoms with Gasteiger partial charge in [0.25, 0.3) is 5.91 Å². The lowest BCUT2D eigenvalue weighted by molar-refractivity contribution is 0.102. The van der Waals surface area contributed by atoms with Gasteiger partial charge in [-0.1, -0.05) is 48.5 Å². The molecule has 0 aliphatic rings. The van der Waals surface area contributed by atoms with E-state index in [0.29, 0.717) is 22.7 Å². The maximum Gasteiger partial charge on any atom is 0.256 e. The number of hydrogen-bond donors (Lipinski definition) is 1. The summed E-state index contributed by atoms with van der Waals surface area (Å²) in [6.45, 7) is 0. The van der Waals surface area contributed by atoms with Gasteiger partial charge in [-0.3, -0.25) is 9.78 Å². The van der Waals surface area contributed by atoms with E-state index in [-0.39, 0.29) is 5.91 Å². The number of hydrogen-bond acceptors (Lipinski definition) is 5. The first-order chi connectivity index (χ1) is 16.8. The zero-order valence-corrected chi connectivity index (χ0v) is 18.0. The van der Waals surface area contributed by atoms with E-state index in [1.807, 2.05) is 91.0 Å². The van der Waals surface area contributed by atoms with Gasteiger partial charge >= 0.3 is 0 Å². The van der Waals surface area contributed by atoms with Crippen LogP contribution in [0.1, 0.15) is 10.4 Å². The van der Waals surface area contributed by atoms with Crippen LogP contribution in [0.3, 0.4) is 0 Å². The van der Waals surface area contributed by atoms with Crippen LogP contribution in [-0.2, 0) is 0 Å². The number of carbonyl (C=O) groups is 1. The fourth-order valence-corrected chi connectivity index (χ4v) is 4.00. The molecular formula is C27H18N6O. The highest BCUT2D eigenvalue weighted by molar-refractivity contribution is 6.13. The summed E-state index contributed by atoms with van der Waals surface area (Å²) in [6, 6.07) is 28.7. The molecule has 0 radical (unpaired) electrons. The minimum Gasteiger partial charge on any atom is -0.322 e. The van der Waals surface area contributed by atoms with Gasteiger partial charge in [0.05, 0.1) is 5.69 Å². The summed E-state index contributed by atoms with van der Waals surface area (Å²) in [5, 5.41) is 18.2. The van der Waals surface area contributed by atoms with Crippen molar-refractivity contribution in [3.63, 3.8) is 0 Å². The molecule has 3 heterocycles. The third-order valence-electron chi connectivity index (χ3n) is 5.63. The highest BCUT2D eigenvalue weighted by atomic mass is 16.1. The van der Waals surface area contributed by atoms with E-state index < -0.39 is 0 Å². The molecule has 6 aromatic rings. The first-order valence-corrected chi connectivity index (χ1v) is 10.8. The molecule has 1 N–H and O–H groups in total. The molecule has 0 atom stereocenters. The summed E-state index contributed by atoms with van der Waals surface area (Å²) in [5.41, 5.74) is 4.39. The van der Waals surface area contributed by atoms with Crippen LogP contribution in [0.2, 0.25) is 0 Å². The van der Waals surface area contributed by atoms with Crippen LogP contribution < -0.4 is 5.32 Å². The lowest BCUT2D eigenvalue weighted by Gasteiger charge is -2.10. The molecule has 3 aromatic carbocycles. The van der Waals surface area contributed by atoms with Crippen LogP contribution in [0, 0.1) is 0 Å². The van der Waals surface area contributed by atoms with Gasteiger partial charge in [0.15, 0.2) is 11.5 Å². The van der Waals surface area contributed by atoms with E-state index in [2.05, 4.69) is 20.5 Å². The molecule has 6 rings (SSSR count). The third-order valence-corrected chi connectivity index (χ3v) is 5.63.